The highest BCUT2D eigenvalue weighted by atomic mass is 35.5. The van der Waals surface area contributed by atoms with E-state index in [-0.39, 0.29) is 0 Å². The lowest BCUT2D eigenvalue weighted by Crippen LogP contribution is -1.98. The Morgan fingerprint density at radius 1 is 0.633 bits per heavy atom. The summed E-state index contributed by atoms with van der Waals surface area (Å²) in [5.41, 5.74) is 5.89. The number of para-hydroxylation sites is 2. The van der Waals surface area contributed by atoms with Gasteiger partial charge in [0, 0.05) is 34.6 Å². The number of fused-ring (bicyclic) bond motifs is 5. The molecule has 2 heterocycles. The van der Waals surface area contributed by atoms with Gasteiger partial charge in [0.1, 0.15) is 0 Å². The molecular weight excluding hydrogens is 388 g/mol. The Morgan fingerprint density at radius 2 is 1.33 bits per heavy atom. The van der Waals surface area contributed by atoms with Crippen LogP contribution in [-0.2, 0) is 6.54 Å². The summed E-state index contributed by atoms with van der Waals surface area (Å²) in [5.74, 6) is 0. The molecule has 0 aliphatic heterocycles. The molecule has 0 aliphatic rings. The minimum Gasteiger partial charge on any atom is -0.342 e. The van der Waals surface area contributed by atoms with Crippen LogP contribution in [0.25, 0.3) is 38.4 Å². The molecule has 0 aliphatic carbocycles. The summed E-state index contributed by atoms with van der Waals surface area (Å²) < 4.78 is 4.61. The molecule has 0 fully saturated rings. The highest BCUT2D eigenvalue weighted by Gasteiger charge is 2.18. The van der Waals surface area contributed by atoms with Gasteiger partial charge in [0.05, 0.1) is 21.6 Å². The van der Waals surface area contributed by atoms with Crippen LogP contribution in [0.4, 0.5) is 0 Å². The quantitative estimate of drug-likeness (QED) is 0.289. The molecule has 3 heteroatoms. The molecule has 0 N–H and O–H groups in total. The summed E-state index contributed by atoms with van der Waals surface area (Å²) in [6.07, 6.45) is 2.15. The van der Waals surface area contributed by atoms with Crippen molar-refractivity contribution in [3.63, 3.8) is 0 Å². The normalized spacial score (nSPS) is 11.6. The highest BCUT2D eigenvalue weighted by molar-refractivity contribution is 6.38. The van der Waals surface area contributed by atoms with Crippen LogP contribution < -0.4 is 0 Å². The van der Waals surface area contributed by atoms with Crippen molar-refractivity contribution in [2.24, 2.45) is 0 Å². The number of hydrogen-bond acceptors (Lipinski definition) is 0. The predicted octanol–water partition coefficient (Wildman–Crippen LogP) is 7.44. The van der Waals surface area contributed by atoms with Gasteiger partial charge in [0.25, 0.3) is 0 Å². The van der Waals surface area contributed by atoms with E-state index in [4.69, 9.17) is 11.6 Å². The molecule has 6 rings (SSSR count). The van der Waals surface area contributed by atoms with Gasteiger partial charge in [-0.15, -0.1) is 0 Å². The smallest absolute Gasteiger partial charge is 0.0694 e. The maximum absolute atomic E-state index is 6.87. The second kappa shape index (κ2) is 6.79. The minimum atomic E-state index is 0.786. The standard InChI is InChI=1S/C27H19ClN2/c28-24-17-23-21-13-7-8-14-25(21)30(20-11-5-2-6-12-20)26(23)22-15-16-29(27(22)24)18-19-9-3-1-4-10-19/h1-17H,18H2. The van der Waals surface area contributed by atoms with Crippen molar-refractivity contribution >= 4 is 44.3 Å². The number of rotatable bonds is 3. The molecule has 2 nitrogen and oxygen atoms in total. The Balaban J connectivity index is 1.71. The van der Waals surface area contributed by atoms with Gasteiger partial charge in [-0.3, -0.25) is 0 Å². The van der Waals surface area contributed by atoms with Crippen molar-refractivity contribution < 1.29 is 0 Å². The topological polar surface area (TPSA) is 9.86 Å². The molecule has 2 aromatic heterocycles. The predicted molar refractivity (Wildman–Crippen MR) is 127 cm³/mol. The van der Waals surface area contributed by atoms with E-state index < -0.39 is 0 Å². The Morgan fingerprint density at radius 3 is 2.13 bits per heavy atom. The van der Waals surface area contributed by atoms with E-state index in [1.54, 1.807) is 0 Å². The van der Waals surface area contributed by atoms with Crippen LogP contribution in [0.15, 0.2) is 103 Å². The van der Waals surface area contributed by atoms with Crippen LogP contribution in [-0.4, -0.2) is 9.13 Å². The van der Waals surface area contributed by atoms with Crippen LogP contribution in [0.1, 0.15) is 5.56 Å². The zero-order valence-corrected chi connectivity index (χ0v) is 17.1. The summed E-state index contributed by atoms with van der Waals surface area (Å²) in [7, 11) is 0. The molecule has 6 aromatic rings. The first kappa shape index (κ1) is 17.4. The average Bonchev–Trinajstić information content (AvgIpc) is 3.35. The van der Waals surface area contributed by atoms with E-state index >= 15 is 0 Å². The summed E-state index contributed by atoms with van der Waals surface area (Å²) >= 11 is 6.87. The molecule has 4 aromatic carbocycles. The fourth-order valence-corrected chi connectivity index (χ4v) is 4.88. The van der Waals surface area contributed by atoms with Gasteiger partial charge in [-0.25, -0.2) is 0 Å². The average molecular weight is 407 g/mol. The second-order valence-corrected chi connectivity index (χ2v) is 8.04. The van der Waals surface area contributed by atoms with Crippen molar-refractivity contribution in [3.8, 4) is 5.69 Å². The lowest BCUT2D eigenvalue weighted by atomic mass is 10.1. The lowest BCUT2D eigenvalue weighted by Gasteiger charge is -2.11. The fourth-order valence-electron chi connectivity index (χ4n) is 4.56. The molecule has 0 spiro atoms. The minimum absolute atomic E-state index is 0.786. The first-order chi connectivity index (χ1) is 14.8. The molecule has 0 amide bonds. The Kier molecular flexibility index (Phi) is 3.93. The maximum atomic E-state index is 6.87. The first-order valence-electron chi connectivity index (χ1n) is 10.1. The third-order valence-corrected chi connectivity index (χ3v) is 6.13. The Hall–Kier alpha value is -3.49. The summed E-state index contributed by atoms with van der Waals surface area (Å²) in [6, 6.07) is 33.9. The SMILES string of the molecule is Clc1cc2c3ccccc3n(-c3ccccc3)c2c2ccn(Cc3ccccc3)c12. The molecule has 0 unspecified atom stereocenters. The number of halogens is 1. The van der Waals surface area contributed by atoms with Gasteiger partial charge < -0.3 is 9.13 Å². The second-order valence-electron chi connectivity index (χ2n) is 7.63. The largest absolute Gasteiger partial charge is 0.342 e. The third kappa shape index (κ3) is 2.58. The molecule has 144 valence electrons. The zero-order valence-electron chi connectivity index (χ0n) is 16.3. The van der Waals surface area contributed by atoms with Crippen molar-refractivity contribution in [3.05, 3.63) is 114 Å². The fraction of sp³-hybridized carbons (Fsp3) is 0.0370. The van der Waals surface area contributed by atoms with Crippen LogP contribution in [0, 0.1) is 0 Å². The molecule has 0 radical (unpaired) electrons. The highest BCUT2D eigenvalue weighted by Crippen LogP contribution is 2.40. The van der Waals surface area contributed by atoms with Gasteiger partial charge in [-0.05, 0) is 35.9 Å². The zero-order chi connectivity index (χ0) is 20.1. The Bertz CT molecular complexity index is 1510. The molecule has 0 saturated carbocycles. The van der Waals surface area contributed by atoms with E-state index in [2.05, 4.69) is 106 Å². The molecule has 0 bridgehead atoms. The number of nitrogens with zero attached hydrogens (tertiary/aromatic N) is 2. The number of hydrogen-bond donors (Lipinski definition) is 0. The van der Waals surface area contributed by atoms with Crippen LogP contribution in [0.3, 0.4) is 0 Å². The van der Waals surface area contributed by atoms with Gasteiger partial charge in [-0.2, -0.15) is 0 Å². The van der Waals surface area contributed by atoms with E-state index in [0.717, 1.165) is 22.8 Å². The Labute approximate surface area is 179 Å². The first-order valence-corrected chi connectivity index (χ1v) is 10.5. The summed E-state index contributed by atoms with van der Waals surface area (Å²) in [5, 5.41) is 4.36. The monoisotopic (exact) mass is 406 g/mol. The van der Waals surface area contributed by atoms with Gasteiger partial charge in [-0.1, -0.05) is 78.3 Å². The molecule has 0 saturated heterocycles. The van der Waals surface area contributed by atoms with Gasteiger partial charge in [0.2, 0.25) is 0 Å². The maximum Gasteiger partial charge on any atom is 0.0694 e. The molecule has 30 heavy (non-hydrogen) atoms. The van der Waals surface area contributed by atoms with E-state index in [9.17, 15) is 0 Å². The van der Waals surface area contributed by atoms with Crippen LogP contribution in [0.5, 0.6) is 0 Å². The van der Waals surface area contributed by atoms with E-state index in [0.29, 0.717) is 0 Å². The van der Waals surface area contributed by atoms with Crippen LogP contribution >= 0.6 is 11.6 Å². The van der Waals surface area contributed by atoms with Gasteiger partial charge >= 0.3 is 0 Å². The van der Waals surface area contributed by atoms with Crippen molar-refractivity contribution in [1.29, 1.82) is 0 Å². The lowest BCUT2D eigenvalue weighted by molar-refractivity contribution is 0.837. The summed E-state index contributed by atoms with van der Waals surface area (Å²) in [4.78, 5) is 0. The van der Waals surface area contributed by atoms with Crippen molar-refractivity contribution in [2.45, 2.75) is 6.54 Å². The molecule has 0 atom stereocenters. The molecular formula is C27H19ClN2. The van der Waals surface area contributed by atoms with Crippen LogP contribution in [0.2, 0.25) is 5.02 Å². The van der Waals surface area contributed by atoms with Crippen molar-refractivity contribution in [2.75, 3.05) is 0 Å². The summed E-state index contributed by atoms with van der Waals surface area (Å²) in [6.45, 7) is 0.793. The van der Waals surface area contributed by atoms with Crippen molar-refractivity contribution in [1.82, 2.24) is 9.13 Å². The third-order valence-electron chi connectivity index (χ3n) is 5.84. The van der Waals surface area contributed by atoms with E-state index in [1.807, 2.05) is 6.07 Å². The number of aromatic nitrogens is 2. The van der Waals surface area contributed by atoms with E-state index in [1.165, 1.54) is 32.8 Å². The van der Waals surface area contributed by atoms with Gasteiger partial charge in [0.15, 0.2) is 0 Å². The number of benzene rings is 4.